The van der Waals surface area contributed by atoms with Gasteiger partial charge in [0.2, 0.25) is 0 Å². The van der Waals surface area contributed by atoms with Crippen LogP contribution < -0.4 is 0 Å². The maximum Gasteiger partial charge on any atom is 0.101 e. The largest absolute Gasteiger partial charge is 0.391 e. The van der Waals surface area contributed by atoms with Crippen LogP contribution in [0.4, 0.5) is 0 Å². The van der Waals surface area contributed by atoms with Crippen LogP contribution in [-0.4, -0.2) is 154 Å². The maximum absolute atomic E-state index is 11.2. The minimum atomic E-state index is -0.740. The number of halogens is 12. The van der Waals surface area contributed by atoms with E-state index in [0.29, 0.717) is 35.5 Å². The fourth-order valence-corrected chi connectivity index (χ4v) is 26.8. The first-order valence-corrected chi connectivity index (χ1v) is 36.9. The molecule has 0 heterocycles. The van der Waals surface area contributed by atoms with Gasteiger partial charge in [-0.05, 0) is 129 Å². The van der Waals surface area contributed by atoms with Crippen molar-refractivity contribution in [3.63, 3.8) is 0 Å². The van der Waals surface area contributed by atoms with Gasteiger partial charge in [0.15, 0.2) is 0 Å². The van der Waals surface area contributed by atoms with Crippen LogP contribution in [0.15, 0.2) is 0 Å². The van der Waals surface area contributed by atoms with Crippen molar-refractivity contribution in [3.8, 4) is 0 Å². The van der Waals surface area contributed by atoms with Crippen LogP contribution in [0.5, 0.6) is 0 Å². The van der Waals surface area contributed by atoms with Crippen molar-refractivity contribution in [2.45, 2.75) is 225 Å². The summed E-state index contributed by atoms with van der Waals surface area (Å²) in [5.74, 6) is 2.85. The second-order valence-electron chi connectivity index (χ2n) is 24.1. The van der Waals surface area contributed by atoms with E-state index in [9.17, 15) is 20.4 Å². The molecule has 14 unspecified atom stereocenters. The molecule has 20 heteroatoms. The zero-order valence-electron chi connectivity index (χ0n) is 41.8. The molecular weight excluding hydrogens is 1700 g/mol. The van der Waals surface area contributed by atoms with E-state index in [2.05, 4.69) is 233 Å². The molecule has 0 aromatic rings. The Morgan fingerprint density at radius 1 is 0.310 bits per heavy atom. The van der Waals surface area contributed by atoms with Crippen LogP contribution in [0.2, 0.25) is 0 Å². The first kappa shape index (κ1) is 65.6. The van der Waals surface area contributed by atoms with Gasteiger partial charge in [0.1, 0.15) is 12.2 Å². The molecule has 14 atom stereocenters. The van der Waals surface area contributed by atoms with Crippen LogP contribution >= 0.6 is 191 Å². The molecule has 71 heavy (non-hydrogen) atoms. The predicted octanol–water partition coefficient (Wildman–Crippen LogP) is 14.7. The van der Waals surface area contributed by atoms with Crippen LogP contribution in [0.1, 0.15) is 119 Å². The van der Waals surface area contributed by atoms with Crippen LogP contribution in [0, 0.1) is 51.8 Å². The Bertz CT molecular complexity index is 1470. The first-order valence-electron chi connectivity index (χ1n) is 25.9. The molecule has 0 aromatic heterocycles. The van der Waals surface area contributed by atoms with Gasteiger partial charge in [0.25, 0.3) is 0 Å². The van der Waals surface area contributed by atoms with Crippen molar-refractivity contribution in [2.75, 3.05) is 26.4 Å². The number of aliphatic hydroxyl groups excluding tert-OH is 4. The fourth-order valence-electron chi connectivity index (χ4n) is 13.3. The van der Waals surface area contributed by atoms with Gasteiger partial charge >= 0.3 is 0 Å². The predicted molar refractivity (Wildman–Crippen MR) is 333 cm³/mol. The number of hydrogen-bond donors (Lipinski definition) is 4. The standard InChI is InChI=1S/C51H80Br12O8/c1-49(2,23-7-31(52)43(66)32(53)8-23)25-11-35(56)45(36(57)12-25)68-19-29(64)21-70-47-39(60)15-27(16-40(47)61)51(5,6)28-17-41(62)48(42(63)18-28)71-22-30(65)20-69-46-37(58)13-26(14-38(46)59)50(3,4)24-9-33(54)44(67)34(55)10-24/h23-48,64-67H,7-22H2,1-6H3. The smallest absolute Gasteiger partial charge is 0.101 e. The van der Waals surface area contributed by atoms with Gasteiger partial charge in [0, 0.05) is 57.9 Å². The molecule has 4 N–H and O–H groups in total. The van der Waals surface area contributed by atoms with Gasteiger partial charge in [-0.25, -0.2) is 0 Å². The van der Waals surface area contributed by atoms with Crippen LogP contribution in [-0.2, 0) is 18.9 Å². The number of aliphatic hydroxyl groups is 4. The molecule has 6 aliphatic carbocycles. The molecule has 6 saturated carbocycles. The molecule has 0 aliphatic heterocycles. The SMILES string of the molecule is CC(C)(C1CC(Br)C(O)C(Br)C1)C1CC(Br)C(OCC(O)COC2C(Br)CC(C(C)(C)C3CC(Br)C(OCC(O)COC4C(Br)CC(C(C)(C)C5CC(Br)C(O)C(Br)C5)CC4Br)C(Br)C3)CC2Br)C(Br)C1. The molecule has 6 fully saturated rings. The summed E-state index contributed by atoms with van der Waals surface area (Å²) < 4.78 is 25.8. The molecular formula is C51H80Br12O8. The van der Waals surface area contributed by atoms with E-state index in [1.165, 1.54) is 0 Å². The van der Waals surface area contributed by atoms with E-state index < -0.39 is 12.2 Å². The lowest BCUT2D eigenvalue weighted by Crippen LogP contribution is -2.51. The van der Waals surface area contributed by atoms with E-state index in [1.807, 2.05) is 0 Å². The summed E-state index contributed by atoms with van der Waals surface area (Å²) in [6.45, 7) is 15.3. The first-order chi connectivity index (χ1) is 33.0. The lowest BCUT2D eigenvalue weighted by Gasteiger charge is -2.51. The van der Waals surface area contributed by atoms with Crippen molar-refractivity contribution in [1.29, 1.82) is 0 Å². The molecule has 0 spiro atoms. The Hall–Kier alpha value is 5.44. The molecule has 6 rings (SSSR count). The Morgan fingerprint density at radius 2 is 0.451 bits per heavy atom. The average Bonchev–Trinajstić information content (AvgIpc) is 3.28. The van der Waals surface area contributed by atoms with Crippen molar-refractivity contribution in [1.82, 2.24) is 0 Å². The molecule has 416 valence electrons. The summed E-state index contributed by atoms with van der Waals surface area (Å²) in [5.41, 5.74) is 0.235. The summed E-state index contributed by atoms with van der Waals surface area (Å²) in [7, 11) is 0. The van der Waals surface area contributed by atoms with Crippen LogP contribution in [0.3, 0.4) is 0 Å². The maximum atomic E-state index is 11.2. The van der Waals surface area contributed by atoms with Gasteiger partial charge < -0.3 is 39.4 Å². The van der Waals surface area contributed by atoms with Crippen LogP contribution in [0.25, 0.3) is 0 Å². The minimum Gasteiger partial charge on any atom is -0.391 e. The highest BCUT2D eigenvalue weighted by Crippen LogP contribution is 2.56. The van der Waals surface area contributed by atoms with E-state index in [4.69, 9.17) is 18.9 Å². The van der Waals surface area contributed by atoms with Gasteiger partial charge in [-0.15, -0.1) is 0 Å². The van der Waals surface area contributed by atoms with Crippen molar-refractivity contribution in [3.05, 3.63) is 0 Å². The second-order valence-corrected chi connectivity index (χ2v) is 38.3. The Morgan fingerprint density at radius 3 is 0.606 bits per heavy atom. The Labute approximate surface area is 527 Å². The molecule has 6 aliphatic rings. The third-order valence-electron chi connectivity index (χ3n) is 18.7. The van der Waals surface area contributed by atoms with Gasteiger partial charge in [-0.1, -0.05) is 233 Å². The molecule has 0 aromatic carbocycles. The number of rotatable bonds is 18. The summed E-state index contributed by atoms with van der Waals surface area (Å²) in [4.78, 5) is 1.55. The highest BCUT2D eigenvalue weighted by Gasteiger charge is 2.52. The monoisotopic (exact) mass is 1770 g/mol. The van der Waals surface area contributed by atoms with Crippen molar-refractivity contribution >= 4 is 191 Å². The lowest BCUT2D eigenvalue weighted by molar-refractivity contribution is -0.0836. The summed E-state index contributed by atoms with van der Waals surface area (Å²) in [6.07, 6.45) is 9.23. The third kappa shape index (κ3) is 16.4. The zero-order valence-corrected chi connectivity index (χ0v) is 60.8. The average molecular weight is 1780 g/mol. The molecule has 0 saturated heterocycles. The highest BCUT2D eigenvalue weighted by atomic mass is 79.9. The van der Waals surface area contributed by atoms with Gasteiger partial charge in [-0.2, -0.15) is 0 Å². The number of alkyl halides is 12. The lowest BCUT2D eigenvalue weighted by atomic mass is 9.60. The van der Waals surface area contributed by atoms with E-state index in [-0.39, 0.29) is 137 Å². The zero-order chi connectivity index (χ0) is 52.7. The summed E-state index contributed by atoms with van der Waals surface area (Å²) in [6, 6.07) is 0. The van der Waals surface area contributed by atoms with E-state index >= 15 is 0 Å². The minimum absolute atomic E-state index is 0.0448. The topological polar surface area (TPSA) is 118 Å². The fraction of sp³-hybridized carbons (Fsp3) is 1.00. The molecule has 8 nitrogen and oxygen atoms in total. The quantitative estimate of drug-likeness (QED) is 0.100. The van der Waals surface area contributed by atoms with E-state index in [1.54, 1.807) is 0 Å². The molecule has 0 radical (unpaired) electrons. The molecule has 0 amide bonds. The highest BCUT2D eigenvalue weighted by molar-refractivity contribution is 9.11. The normalized spacial score (nSPS) is 46.4. The number of hydrogen-bond acceptors (Lipinski definition) is 8. The van der Waals surface area contributed by atoms with Crippen molar-refractivity contribution in [2.24, 2.45) is 51.8 Å². The van der Waals surface area contributed by atoms with Gasteiger partial charge in [0.05, 0.1) is 63.1 Å². The second kappa shape index (κ2) is 28.3. The Kier molecular flexibility index (Phi) is 26.2. The number of ether oxygens (including phenoxy) is 4. The van der Waals surface area contributed by atoms with Gasteiger partial charge in [-0.3, -0.25) is 0 Å². The third-order valence-corrected chi connectivity index (χ3v) is 29.5. The summed E-state index contributed by atoms with van der Waals surface area (Å²) >= 11 is 47.1. The van der Waals surface area contributed by atoms with E-state index in [0.717, 1.165) is 77.0 Å². The summed E-state index contributed by atoms with van der Waals surface area (Å²) in [5, 5.41) is 43.4. The van der Waals surface area contributed by atoms with Crippen molar-refractivity contribution < 1.29 is 39.4 Å². The molecule has 0 bridgehead atoms. The Balaban J connectivity index is 0.897.